The summed E-state index contributed by atoms with van der Waals surface area (Å²) in [5.41, 5.74) is 6.54. The topological polar surface area (TPSA) is 71.4 Å². The first-order valence-corrected chi connectivity index (χ1v) is 9.46. The van der Waals surface area contributed by atoms with Gasteiger partial charge in [0, 0.05) is 19.4 Å². The van der Waals surface area contributed by atoms with E-state index in [-0.39, 0.29) is 0 Å². The van der Waals surface area contributed by atoms with Gasteiger partial charge in [-0.05, 0) is 36.5 Å². The van der Waals surface area contributed by atoms with E-state index in [1.165, 1.54) is 24.0 Å². The molecule has 4 aromatic rings. The normalized spacial score (nSPS) is 16.9. The third kappa shape index (κ3) is 2.97. The molecule has 1 aliphatic rings. The predicted octanol–water partition coefficient (Wildman–Crippen LogP) is 4.24. The third-order valence-electron chi connectivity index (χ3n) is 5.32. The first-order chi connectivity index (χ1) is 13.3. The van der Waals surface area contributed by atoms with Gasteiger partial charge in [-0.15, -0.1) is 0 Å². The van der Waals surface area contributed by atoms with Crippen molar-refractivity contribution in [2.45, 2.75) is 31.7 Å². The molecule has 0 saturated carbocycles. The summed E-state index contributed by atoms with van der Waals surface area (Å²) >= 11 is 0. The van der Waals surface area contributed by atoms with Crippen LogP contribution in [0.1, 0.15) is 36.4 Å². The average molecular weight is 358 g/mol. The third-order valence-corrected chi connectivity index (χ3v) is 5.32. The lowest BCUT2D eigenvalue weighted by atomic mass is 9.99. The van der Waals surface area contributed by atoms with E-state index in [0.29, 0.717) is 6.04 Å². The maximum Gasteiger partial charge on any atom is 0.180 e. The van der Waals surface area contributed by atoms with E-state index in [4.69, 9.17) is 0 Å². The lowest BCUT2D eigenvalue weighted by Gasteiger charge is -2.20. The molecule has 0 aliphatic heterocycles. The first-order valence-electron chi connectivity index (χ1n) is 9.46. The van der Waals surface area contributed by atoms with Crippen molar-refractivity contribution in [3.8, 4) is 11.4 Å². The fraction of sp³-hybridized carbons (Fsp3) is 0.286. The van der Waals surface area contributed by atoms with Crippen LogP contribution < -0.4 is 5.32 Å². The molecule has 5 rings (SSSR count). The molecule has 1 aromatic carbocycles. The predicted molar refractivity (Wildman–Crippen MR) is 106 cm³/mol. The molecule has 0 saturated heterocycles. The summed E-state index contributed by atoms with van der Waals surface area (Å²) in [6.07, 6.45) is 10.3. The Balaban J connectivity index is 1.53. The molecule has 6 nitrogen and oxygen atoms in total. The number of aromatic amines is 1. The summed E-state index contributed by atoms with van der Waals surface area (Å²) < 4.78 is 1.78. The van der Waals surface area contributed by atoms with Crippen LogP contribution in [0.5, 0.6) is 0 Å². The zero-order valence-electron chi connectivity index (χ0n) is 15.3. The minimum atomic E-state index is 0.305. The Hall–Kier alpha value is -3.15. The molecule has 1 unspecified atom stereocenters. The molecular formula is C21H22N6. The van der Waals surface area contributed by atoms with Crippen molar-refractivity contribution in [1.82, 2.24) is 24.7 Å². The van der Waals surface area contributed by atoms with Crippen molar-refractivity contribution in [2.75, 3.05) is 5.32 Å². The Labute approximate surface area is 157 Å². The average Bonchev–Trinajstić information content (AvgIpc) is 3.26. The van der Waals surface area contributed by atoms with Crippen molar-refractivity contribution in [3.05, 3.63) is 60.0 Å². The van der Waals surface area contributed by atoms with E-state index in [1.54, 1.807) is 4.68 Å². The van der Waals surface area contributed by atoms with E-state index < -0.39 is 0 Å². The maximum absolute atomic E-state index is 4.65. The zero-order chi connectivity index (χ0) is 18.2. The van der Waals surface area contributed by atoms with Crippen LogP contribution in [0, 0.1) is 0 Å². The van der Waals surface area contributed by atoms with Gasteiger partial charge in [-0.2, -0.15) is 5.10 Å². The first kappa shape index (κ1) is 16.1. The SMILES string of the molecule is Cn1cc(-c2nc3nccc(NC4CCCCc5ccccc54)c3[nH]2)cn1. The van der Waals surface area contributed by atoms with Gasteiger partial charge >= 0.3 is 0 Å². The number of imidazole rings is 1. The molecule has 3 aromatic heterocycles. The van der Waals surface area contributed by atoms with Gasteiger partial charge in [0.25, 0.3) is 0 Å². The van der Waals surface area contributed by atoms with Crippen LogP contribution in [0.3, 0.4) is 0 Å². The molecule has 6 heteroatoms. The fourth-order valence-corrected chi connectivity index (χ4v) is 3.97. The second-order valence-corrected chi connectivity index (χ2v) is 7.19. The van der Waals surface area contributed by atoms with Crippen molar-refractivity contribution >= 4 is 16.9 Å². The number of pyridine rings is 1. The number of aryl methyl sites for hydroxylation is 2. The van der Waals surface area contributed by atoms with Gasteiger partial charge in [-0.25, -0.2) is 9.97 Å². The molecule has 0 fully saturated rings. The van der Waals surface area contributed by atoms with Gasteiger partial charge in [-0.1, -0.05) is 30.7 Å². The molecule has 3 heterocycles. The van der Waals surface area contributed by atoms with Gasteiger partial charge in [0.1, 0.15) is 11.3 Å². The zero-order valence-corrected chi connectivity index (χ0v) is 15.3. The lowest BCUT2D eigenvalue weighted by Crippen LogP contribution is -2.11. The fourth-order valence-electron chi connectivity index (χ4n) is 3.97. The highest BCUT2D eigenvalue weighted by atomic mass is 15.2. The van der Waals surface area contributed by atoms with Crippen LogP contribution in [0.2, 0.25) is 0 Å². The molecule has 136 valence electrons. The molecule has 0 amide bonds. The molecule has 27 heavy (non-hydrogen) atoms. The van der Waals surface area contributed by atoms with E-state index >= 15 is 0 Å². The number of benzene rings is 1. The summed E-state index contributed by atoms with van der Waals surface area (Å²) in [5.74, 6) is 0.793. The second-order valence-electron chi connectivity index (χ2n) is 7.19. The molecule has 1 atom stereocenters. The molecule has 1 aliphatic carbocycles. The van der Waals surface area contributed by atoms with Crippen molar-refractivity contribution < 1.29 is 0 Å². The second kappa shape index (κ2) is 6.54. The molecule has 0 spiro atoms. The van der Waals surface area contributed by atoms with E-state index in [9.17, 15) is 0 Å². The van der Waals surface area contributed by atoms with Gasteiger partial charge < -0.3 is 10.3 Å². The number of rotatable bonds is 3. The highest BCUT2D eigenvalue weighted by molar-refractivity contribution is 5.87. The summed E-state index contributed by atoms with van der Waals surface area (Å²) in [5, 5.41) is 7.99. The lowest BCUT2D eigenvalue weighted by molar-refractivity contribution is 0.644. The Kier molecular flexibility index (Phi) is 3.89. The van der Waals surface area contributed by atoms with Crippen molar-refractivity contribution in [1.29, 1.82) is 0 Å². The van der Waals surface area contributed by atoms with Crippen LogP contribution in [0.15, 0.2) is 48.9 Å². The molecular weight excluding hydrogens is 336 g/mol. The number of nitrogens with one attached hydrogen (secondary N) is 2. The minimum absolute atomic E-state index is 0.305. The number of H-pyrrole nitrogens is 1. The summed E-state index contributed by atoms with van der Waals surface area (Å²) in [6, 6.07) is 11.1. The van der Waals surface area contributed by atoms with Gasteiger partial charge in [-0.3, -0.25) is 4.68 Å². The van der Waals surface area contributed by atoms with Crippen molar-refractivity contribution in [2.24, 2.45) is 7.05 Å². The smallest absolute Gasteiger partial charge is 0.180 e. The Morgan fingerprint density at radius 3 is 3.00 bits per heavy atom. The number of fused-ring (bicyclic) bond motifs is 2. The molecule has 2 N–H and O–H groups in total. The van der Waals surface area contributed by atoms with Crippen LogP contribution in [-0.4, -0.2) is 24.7 Å². The van der Waals surface area contributed by atoms with Crippen LogP contribution in [0.25, 0.3) is 22.6 Å². The van der Waals surface area contributed by atoms with E-state index in [1.807, 2.05) is 31.7 Å². The highest BCUT2D eigenvalue weighted by Gasteiger charge is 2.20. The standard InChI is InChI=1S/C21H22N6/c1-27-13-15(12-23-27)20-25-19-18(10-11-22-21(19)26-20)24-17-9-5-3-7-14-6-2-4-8-16(14)17/h2,4,6,8,10-13,17H,3,5,7,9H2,1H3,(H2,22,24,25,26). The Morgan fingerprint density at radius 1 is 1.19 bits per heavy atom. The number of hydrogen-bond acceptors (Lipinski definition) is 4. The summed E-state index contributed by atoms with van der Waals surface area (Å²) in [4.78, 5) is 12.5. The van der Waals surface area contributed by atoms with Crippen LogP contribution in [-0.2, 0) is 13.5 Å². The molecule has 0 bridgehead atoms. The highest BCUT2D eigenvalue weighted by Crippen LogP contribution is 2.33. The number of anilines is 1. The quantitative estimate of drug-likeness (QED) is 0.538. The van der Waals surface area contributed by atoms with Crippen LogP contribution in [0.4, 0.5) is 5.69 Å². The summed E-state index contributed by atoms with van der Waals surface area (Å²) in [6.45, 7) is 0. The van der Waals surface area contributed by atoms with E-state index in [0.717, 1.165) is 41.1 Å². The number of nitrogens with zero attached hydrogens (tertiary/aromatic N) is 4. The maximum atomic E-state index is 4.65. The van der Waals surface area contributed by atoms with E-state index in [2.05, 4.69) is 49.6 Å². The minimum Gasteiger partial charge on any atom is -0.376 e. The van der Waals surface area contributed by atoms with Gasteiger partial charge in [0.2, 0.25) is 0 Å². The monoisotopic (exact) mass is 358 g/mol. The summed E-state index contributed by atoms with van der Waals surface area (Å²) in [7, 11) is 1.90. The Bertz CT molecular complexity index is 1090. The largest absolute Gasteiger partial charge is 0.376 e. The number of aromatic nitrogens is 5. The van der Waals surface area contributed by atoms with Crippen LogP contribution >= 0.6 is 0 Å². The number of hydrogen-bond donors (Lipinski definition) is 2. The van der Waals surface area contributed by atoms with Gasteiger partial charge in [0.15, 0.2) is 5.65 Å². The van der Waals surface area contributed by atoms with Crippen molar-refractivity contribution in [3.63, 3.8) is 0 Å². The van der Waals surface area contributed by atoms with Gasteiger partial charge in [0.05, 0.1) is 23.5 Å². The Morgan fingerprint density at radius 2 is 2.11 bits per heavy atom. The molecule has 0 radical (unpaired) electrons.